The molecule has 4 nitrogen and oxygen atoms in total. The van der Waals surface area contributed by atoms with Gasteiger partial charge in [0, 0.05) is 12.6 Å². The summed E-state index contributed by atoms with van der Waals surface area (Å²) in [5.41, 5.74) is 0. The van der Waals surface area contributed by atoms with Gasteiger partial charge in [-0.3, -0.25) is 4.90 Å². The molecule has 2 rings (SSSR count). The van der Waals surface area contributed by atoms with Crippen LogP contribution in [0.25, 0.3) is 0 Å². The lowest BCUT2D eigenvalue weighted by Gasteiger charge is -2.21. The van der Waals surface area contributed by atoms with Crippen molar-refractivity contribution in [2.24, 2.45) is 5.92 Å². The van der Waals surface area contributed by atoms with E-state index >= 15 is 0 Å². The fourth-order valence-electron chi connectivity index (χ4n) is 2.05. The Balaban J connectivity index is 1.84. The zero-order valence-electron chi connectivity index (χ0n) is 12.4. The van der Waals surface area contributed by atoms with E-state index in [-0.39, 0.29) is 0 Å². The molecular formula is C14H26N4S. The Kier molecular flexibility index (Phi) is 5.58. The van der Waals surface area contributed by atoms with Crippen LogP contribution in [0.5, 0.6) is 0 Å². The second-order valence-electron chi connectivity index (χ2n) is 5.81. The quantitative estimate of drug-likeness (QED) is 0.754. The predicted octanol–water partition coefficient (Wildman–Crippen LogP) is 3.37. The first-order chi connectivity index (χ1) is 9.19. The summed E-state index contributed by atoms with van der Waals surface area (Å²) in [6.07, 6.45) is 5.11. The van der Waals surface area contributed by atoms with Gasteiger partial charge in [-0.25, -0.2) is 0 Å². The summed E-state index contributed by atoms with van der Waals surface area (Å²) in [5.74, 6) is 0.775. The van der Waals surface area contributed by atoms with Crippen molar-refractivity contribution in [1.29, 1.82) is 0 Å². The first-order valence-corrected chi connectivity index (χ1v) is 8.31. The number of hydrogen-bond donors (Lipinski definition) is 1. The van der Waals surface area contributed by atoms with Crippen molar-refractivity contribution in [3.63, 3.8) is 0 Å². The zero-order valence-corrected chi connectivity index (χ0v) is 13.2. The summed E-state index contributed by atoms with van der Waals surface area (Å²) in [6.45, 7) is 9.90. The highest BCUT2D eigenvalue weighted by molar-refractivity contribution is 7.15. The molecule has 0 radical (unpaired) electrons. The van der Waals surface area contributed by atoms with E-state index in [1.54, 1.807) is 11.3 Å². The van der Waals surface area contributed by atoms with Gasteiger partial charge in [-0.05, 0) is 38.1 Å². The molecule has 1 aromatic rings. The van der Waals surface area contributed by atoms with Crippen LogP contribution in [0.4, 0.5) is 5.13 Å². The predicted molar refractivity (Wildman–Crippen MR) is 81.6 cm³/mol. The Bertz CT molecular complexity index is 373. The van der Waals surface area contributed by atoms with Crippen molar-refractivity contribution in [3.05, 3.63) is 5.01 Å². The summed E-state index contributed by atoms with van der Waals surface area (Å²) in [4.78, 5) is 2.59. The maximum absolute atomic E-state index is 4.31. The molecule has 1 aromatic heterocycles. The summed E-state index contributed by atoms with van der Waals surface area (Å²) in [5, 5.41) is 13.9. The molecule has 0 bridgehead atoms. The topological polar surface area (TPSA) is 41.1 Å². The lowest BCUT2D eigenvalue weighted by Crippen LogP contribution is -2.27. The van der Waals surface area contributed by atoms with E-state index in [1.807, 2.05) is 0 Å². The van der Waals surface area contributed by atoms with Crippen LogP contribution in [0.15, 0.2) is 0 Å². The van der Waals surface area contributed by atoms with E-state index in [9.17, 15) is 0 Å². The van der Waals surface area contributed by atoms with Gasteiger partial charge in [-0.1, -0.05) is 32.1 Å². The van der Waals surface area contributed by atoms with Crippen molar-refractivity contribution in [3.8, 4) is 0 Å². The molecule has 1 aliphatic rings. The molecule has 0 aliphatic heterocycles. The van der Waals surface area contributed by atoms with Crippen LogP contribution >= 0.6 is 11.3 Å². The van der Waals surface area contributed by atoms with Crippen LogP contribution in [-0.2, 0) is 6.54 Å². The Morgan fingerprint density at radius 3 is 2.79 bits per heavy atom. The van der Waals surface area contributed by atoms with E-state index in [0.29, 0.717) is 0 Å². The van der Waals surface area contributed by atoms with Gasteiger partial charge in [-0.2, -0.15) is 0 Å². The van der Waals surface area contributed by atoms with Crippen LogP contribution in [-0.4, -0.2) is 34.2 Å². The Morgan fingerprint density at radius 1 is 1.37 bits per heavy atom. The van der Waals surface area contributed by atoms with Crippen LogP contribution in [0.2, 0.25) is 0 Å². The highest BCUT2D eigenvalue weighted by Crippen LogP contribution is 2.29. The Labute approximate surface area is 120 Å². The minimum atomic E-state index is 0.775. The summed E-state index contributed by atoms with van der Waals surface area (Å²) >= 11 is 1.71. The molecule has 19 heavy (non-hydrogen) atoms. The minimum Gasteiger partial charge on any atom is -0.360 e. The second-order valence-corrected chi connectivity index (χ2v) is 6.87. The number of nitrogens with zero attached hydrogens (tertiary/aromatic N) is 3. The molecule has 0 amide bonds. The molecule has 1 saturated carbocycles. The fourth-order valence-corrected chi connectivity index (χ4v) is 2.84. The largest absolute Gasteiger partial charge is 0.360 e. The molecule has 5 heteroatoms. The average Bonchev–Trinajstić information content (AvgIpc) is 3.13. The van der Waals surface area contributed by atoms with Crippen LogP contribution in [0.1, 0.15) is 51.5 Å². The molecule has 0 aromatic carbocycles. The molecule has 1 fully saturated rings. The van der Waals surface area contributed by atoms with Gasteiger partial charge in [0.2, 0.25) is 5.13 Å². The van der Waals surface area contributed by atoms with Crippen molar-refractivity contribution in [2.75, 3.05) is 18.4 Å². The highest BCUT2D eigenvalue weighted by atomic mass is 32.1. The number of anilines is 1. The SMILES string of the molecule is CCCNc1nnc(CN(CCC(C)C)C2CC2)s1. The van der Waals surface area contributed by atoms with Crippen molar-refractivity contribution in [2.45, 2.75) is 59.0 Å². The molecule has 0 atom stereocenters. The Morgan fingerprint density at radius 2 is 2.16 bits per heavy atom. The second kappa shape index (κ2) is 7.20. The number of aromatic nitrogens is 2. The minimum absolute atomic E-state index is 0.775. The third kappa shape index (κ3) is 5.07. The standard InChI is InChI=1S/C14H26N4S/c1-4-8-15-14-17-16-13(19-14)10-18(12-5-6-12)9-7-11(2)3/h11-12H,4-10H2,1-3H3,(H,15,17). The molecule has 1 N–H and O–H groups in total. The van der Waals surface area contributed by atoms with E-state index in [1.165, 1.54) is 25.8 Å². The molecule has 1 heterocycles. The number of hydrogen-bond acceptors (Lipinski definition) is 5. The normalized spacial score (nSPS) is 15.4. The summed E-state index contributed by atoms with van der Waals surface area (Å²) < 4.78 is 0. The van der Waals surface area contributed by atoms with Gasteiger partial charge in [-0.15, -0.1) is 10.2 Å². The maximum Gasteiger partial charge on any atom is 0.205 e. The number of nitrogens with one attached hydrogen (secondary N) is 1. The van der Waals surface area contributed by atoms with Gasteiger partial charge in [0.1, 0.15) is 5.01 Å². The van der Waals surface area contributed by atoms with E-state index < -0.39 is 0 Å². The van der Waals surface area contributed by atoms with Crippen LogP contribution < -0.4 is 5.32 Å². The van der Waals surface area contributed by atoms with Gasteiger partial charge < -0.3 is 5.32 Å². The average molecular weight is 282 g/mol. The summed E-state index contributed by atoms with van der Waals surface area (Å²) in [7, 11) is 0. The third-order valence-electron chi connectivity index (χ3n) is 3.39. The molecule has 0 saturated heterocycles. The van der Waals surface area contributed by atoms with Crippen molar-refractivity contribution >= 4 is 16.5 Å². The molecule has 108 valence electrons. The number of rotatable bonds is 9. The Hall–Kier alpha value is -0.680. The zero-order chi connectivity index (χ0) is 13.7. The first kappa shape index (κ1) is 14.7. The van der Waals surface area contributed by atoms with Crippen molar-refractivity contribution < 1.29 is 0 Å². The fraction of sp³-hybridized carbons (Fsp3) is 0.857. The van der Waals surface area contributed by atoms with Gasteiger partial charge in [0.15, 0.2) is 0 Å². The van der Waals surface area contributed by atoms with E-state index in [0.717, 1.165) is 41.6 Å². The molecule has 0 unspecified atom stereocenters. The lowest BCUT2D eigenvalue weighted by molar-refractivity contribution is 0.238. The van der Waals surface area contributed by atoms with Gasteiger partial charge >= 0.3 is 0 Å². The molecule has 0 spiro atoms. The van der Waals surface area contributed by atoms with Gasteiger partial charge in [0.25, 0.3) is 0 Å². The lowest BCUT2D eigenvalue weighted by atomic mass is 10.1. The highest BCUT2D eigenvalue weighted by Gasteiger charge is 2.29. The third-order valence-corrected chi connectivity index (χ3v) is 4.25. The monoisotopic (exact) mass is 282 g/mol. The molecular weight excluding hydrogens is 256 g/mol. The van der Waals surface area contributed by atoms with E-state index in [2.05, 4.69) is 41.2 Å². The van der Waals surface area contributed by atoms with Gasteiger partial charge in [0.05, 0.1) is 6.54 Å². The van der Waals surface area contributed by atoms with E-state index in [4.69, 9.17) is 0 Å². The summed E-state index contributed by atoms with van der Waals surface area (Å²) in [6, 6.07) is 0.801. The smallest absolute Gasteiger partial charge is 0.205 e. The van der Waals surface area contributed by atoms with Crippen LogP contribution in [0.3, 0.4) is 0 Å². The van der Waals surface area contributed by atoms with Crippen LogP contribution in [0, 0.1) is 5.92 Å². The first-order valence-electron chi connectivity index (χ1n) is 7.49. The maximum atomic E-state index is 4.31. The molecule has 1 aliphatic carbocycles. The van der Waals surface area contributed by atoms with Crippen molar-refractivity contribution in [1.82, 2.24) is 15.1 Å².